The number of hydrogen-bond donors (Lipinski definition) is 1. The molecule has 16 heavy (non-hydrogen) atoms. The molecule has 0 aliphatic rings. The molecule has 92 valence electrons. The molecule has 0 fully saturated rings. The number of nitrogens with one attached hydrogen (secondary N) is 1. The molecule has 0 aromatic carbocycles. The first-order valence-corrected chi connectivity index (χ1v) is 6.16. The van der Waals surface area contributed by atoms with E-state index in [9.17, 15) is 0 Å². The molecule has 2 atom stereocenters. The maximum atomic E-state index is 5.23. The van der Waals surface area contributed by atoms with Gasteiger partial charge in [0.15, 0.2) is 0 Å². The Morgan fingerprint density at radius 1 is 1.25 bits per heavy atom. The van der Waals surface area contributed by atoms with E-state index in [2.05, 4.69) is 38.2 Å². The molecule has 0 aliphatic carbocycles. The van der Waals surface area contributed by atoms with Crippen molar-refractivity contribution in [3.05, 3.63) is 17.0 Å². The Morgan fingerprint density at radius 3 is 2.25 bits per heavy atom. The van der Waals surface area contributed by atoms with Crippen LogP contribution in [0.15, 0.2) is 4.52 Å². The molecule has 2 unspecified atom stereocenters. The average molecular weight is 224 g/mol. The van der Waals surface area contributed by atoms with Crippen molar-refractivity contribution in [3.8, 4) is 0 Å². The molecule has 1 N–H and O–H groups in total. The highest BCUT2D eigenvalue weighted by molar-refractivity contribution is 5.25. The number of rotatable bonds is 5. The van der Waals surface area contributed by atoms with Crippen LogP contribution in [0.2, 0.25) is 0 Å². The van der Waals surface area contributed by atoms with Gasteiger partial charge in [-0.05, 0) is 33.1 Å². The van der Waals surface area contributed by atoms with Crippen molar-refractivity contribution in [3.63, 3.8) is 0 Å². The molecular weight excluding hydrogens is 200 g/mol. The molecule has 1 aromatic rings. The van der Waals surface area contributed by atoms with Crippen molar-refractivity contribution < 1.29 is 4.52 Å². The molecular formula is C13H24N2O. The smallest absolute Gasteiger partial charge is 0.138 e. The van der Waals surface area contributed by atoms with Crippen molar-refractivity contribution in [1.82, 2.24) is 10.5 Å². The van der Waals surface area contributed by atoms with Crippen molar-refractivity contribution >= 4 is 0 Å². The Labute approximate surface area is 98.6 Å². The molecule has 0 saturated heterocycles. The summed E-state index contributed by atoms with van der Waals surface area (Å²) in [7, 11) is 0. The second-order valence-electron chi connectivity index (χ2n) is 4.90. The van der Waals surface area contributed by atoms with Gasteiger partial charge < -0.3 is 9.84 Å². The molecule has 0 saturated carbocycles. The number of aromatic nitrogens is 1. The Morgan fingerprint density at radius 2 is 1.88 bits per heavy atom. The zero-order valence-electron chi connectivity index (χ0n) is 11.3. The van der Waals surface area contributed by atoms with Gasteiger partial charge in [-0.1, -0.05) is 25.9 Å². The van der Waals surface area contributed by atoms with E-state index in [1.54, 1.807) is 0 Å². The predicted octanol–water partition coefficient (Wildman–Crippen LogP) is 3.38. The first-order valence-electron chi connectivity index (χ1n) is 6.16. The summed E-state index contributed by atoms with van der Waals surface area (Å²) < 4.78 is 5.23. The fraction of sp³-hybridized carbons (Fsp3) is 0.769. The maximum absolute atomic E-state index is 5.23. The van der Waals surface area contributed by atoms with Crippen LogP contribution in [0.3, 0.4) is 0 Å². The molecule has 0 amide bonds. The first-order chi connectivity index (χ1) is 7.47. The summed E-state index contributed by atoms with van der Waals surface area (Å²) >= 11 is 0. The van der Waals surface area contributed by atoms with E-state index >= 15 is 0 Å². The van der Waals surface area contributed by atoms with E-state index in [1.807, 2.05) is 13.8 Å². The lowest BCUT2D eigenvalue weighted by Gasteiger charge is -2.24. The summed E-state index contributed by atoms with van der Waals surface area (Å²) in [5.41, 5.74) is 2.24. The Balaban J connectivity index is 2.83. The van der Waals surface area contributed by atoms with E-state index in [-0.39, 0.29) is 0 Å². The third-order valence-corrected chi connectivity index (χ3v) is 3.31. The van der Waals surface area contributed by atoms with Crippen LogP contribution in [0.25, 0.3) is 0 Å². The van der Waals surface area contributed by atoms with Gasteiger partial charge in [0.2, 0.25) is 0 Å². The summed E-state index contributed by atoms with van der Waals surface area (Å²) in [6.07, 6.45) is 1.06. The van der Waals surface area contributed by atoms with Gasteiger partial charge in [-0.3, -0.25) is 0 Å². The molecule has 0 bridgehead atoms. The van der Waals surface area contributed by atoms with Gasteiger partial charge in [-0.2, -0.15) is 0 Å². The van der Waals surface area contributed by atoms with Crippen LogP contribution in [0.5, 0.6) is 0 Å². The van der Waals surface area contributed by atoms with E-state index < -0.39 is 0 Å². The van der Waals surface area contributed by atoms with Crippen LogP contribution < -0.4 is 5.32 Å². The van der Waals surface area contributed by atoms with Crippen LogP contribution in [-0.4, -0.2) is 11.2 Å². The minimum absolute atomic E-state index is 0.351. The van der Waals surface area contributed by atoms with Gasteiger partial charge in [0.25, 0.3) is 0 Å². The summed E-state index contributed by atoms with van der Waals surface area (Å²) in [5.74, 6) is 1.57. The second kappa shape index (κ2) is 5.48. The maximum Gasteiger partial charge on any atom is 0.138 e. The van der Waals surface area contributed by atoms with Crippen LogP contribution >= 0.6 is 0 Å². The highest BCUT2D eigenvalue weighted by Crippen LogP contribution is 2.25. The van der Waals surface area contributed by atoms with Crippen molar-refractivity contribution in [2.24, 2.45) is 5.92 Å². The highest BCUT2D eigenvalue weighted by Gasteiger charge is 2.21. The summed E-state index contributed by atoms with van der Waals surface area (Å²) in [4.78, 5) is 0. The second-order valence-corrected chi connectivity index (χ2v) is 4.90. The van der Waals surface area contributed by atoms with Gasteiger partial charge in [-0.15, -0.1) is 0 Å². The normalized spacial score (nSPS) is 15.4. The van der Waals surface area contributed by atoms with Gasteiger partial charge >= 0.3 is 0 Å². The number of nitrogens with zero attached hydrogens (tertiary/aromatic N) is 1. The third-order valence-electron chi connectivity index (χ3n) is 3.31. The van der Waals surface area contributed by atoms with E-state index in [4.69, 9.17) is 4.52 Å². The third kappa shape index (κ3) is 2.85. The van der Waals surface area contributed by atoms with E-state index in [0.717, 1.165) is 17.9 Å². The molecule has 0 radical (unpaired) electrons. The summed E-state index contributed by atoms with van der Waals surface area (Å²) in [6, 6.07) is 0.849. The van der Waals surface area contributed by atoms with Crippen molar-refractivity contribution in [2.45, 2.75) is 60.0 Å². The zero-order chi connectivity index (χ0) is 12.3. The predicted molar refractivity (Wildman–Crippen MR) is 66.4 cm³/mol. The molecule has 3 heteroatoms. The zero-order valence-corrected chi connectivity index (χ0v) is 11.3. The molecule has 1 aromatic heterocycles. The fourth-order valence-electron chi connectivity index (χ4n) is 1.90. The Bertz CT molecular complexity index is 311. The molecule has 1 heterocycles. The molecule has 0 spiro atoms. The SMILES string of the molecule is CCC(NC(C)C(C)C)c1c(C)noc1C. The van der Waals surface area contributed by atoms with Crippen LogP contribution in [0.4, 0.5) is 0 Å². The quantitative estimate of drug-likeness (QED) is 0.833. The van der Waals surface area contributed by atoms with E-state index in [1.165, 1.54) is 5.56 Å². The largest absolute Gasteiger partial charge is 0.361 e. The van der Waals surface area contributed by atoms with Gasteiger partial charge in [0.1, 0.15) is 5.76 Å². The van der Waals surface area contributed by atoms with Gasteiger partial charge in [-0.25, -0.2) is 0 Å². The lowest BCUT2D eigenvalue weighted by Crippen LogP contribution is -2.34. The Hall–Kier alpha value is -0.830. The summed E-state index contributed by atoms with van der Waals surface area (Å²) in [5, 5.41) is 7.67. The van der Waals surface area contributed by atoms with Gasteiger partial charge in [0, 0.05) is 17.6 Å². The first kappa shape index (κ1) is 13.2. The van der Waals surface area contributed by atoms with Crippen LogP contribution in [0, 0.1) is 19.8 Å². The monoisotopic (exact) mass is 224 g/mol. The standard InChI is InChI=1S/C13H24N2O/c1-7-12(14-9(4)8(2)3)13-10(5)15-16-11(13)6/h8-9,12,14H,7H2,1-6H3. The Kier molecular flexibility index (Phi) is 4.54. The lowest BCUT2D eigenvalue weighted by molar-refractivity contribution is 0.362. The lowest BCUT2D eigenvalue weighted by atomic mass is 9.99. The van der Waals surface area contributed by atoms with Crippen molar-refractivity contribution in [1.29, 1.82) is 0 Å². The van der Waals surface area contributed by atoms with Crippen LogP contribution in [-0.2, 0) is 0 Å². The van der Waals surface area contributed by atoms with E-state index in [0.29, 0.717) is 18.0 Å². The van der Waals surface area contributed by atoms with Gasteiger partial charge in [0.05, 0.1) is 5.69 Å². The topological polar surface area (TPSA) is 38.1 Å². The van der Waals surface area contributed by atoms with Crippen molar-refractivity contribution in [2.75, 3.05) is 0 Å². The molecule has 3 nitrogen and oxygen atoms in total. The minimum Gasteiger partial charge on any atom is -0.361 e. The minimum atomic E-state index is 0.351. The molecule has 0 aliphatic heterocycles. The average Bonchev–Trinajstić information content (AvgIpc) is 2.55. The number of hydrogen-bond acceptors (Lipinski definition) is 3. The highest BCUT2D eigenvalue weighted by atomic mass is 16.5. The van der Waals surface area contributed by atoms with Crippen LogP contribution in [0.1, 0.15) is 57.2 Å². The fourth-order valence-corrected chi connectivity index (χ4v) is 1.90. The summed E-state index contributed by atoms with van der Waals surface area (Å²) in [6.45, 7) is 12.9. The molecule has 1 rings (SSSR count). The number of aryl methyl sites for hydroxylation is 2.